The van der Waals surface area contributed by atoms with Gasteiger partial charge in [0.1, 0.15) is 5.82 Å². The summed E-state index contributed by atoms with van der Waals surface area (Å²) in [5.41, 5.74) is -0.131. The summed E-state index contributed by atoms with van der Waals surface area (Å²) in [4.78, 5) is 28.0. The summed E-state index contributed by atoms with van der Waals surface area (Å²) in [5, 5.41) is 12.6. The summed E-state index contributed by atoms with van der Waals surface area (Å²) in [6.07, 6.45) is 3.38. The number of anilines is 1. The third-order valence-corrected chi connectivity index (χ3v) is 6.60. The van der Waals surface area contributed by atoms with Crippen molar-refractivity contribution in [2.75, 3.05) is 37.6 Å². The average molecular weight is 375 g/mol. The van der Waals surface area contributed by atoms with Gasteiger partial charge >= 0.3 is 12.0 Å². The molecule has 2 heterocycles. The number of carbonyl (C=O) groups excluding carboxylic acids is 1. The topological polar surface area (TPSA) is 72.9 Å². The van der Waals surface area contributed by atoms with Gasteiger partial charge in [0.05, 0.1) is 11.1 Å². The van der Waals surface area contributed by atoms with Crippen molar-refractivity contribution in [2.45, 2.75) is 25.7 Å². The van der Waals surface area contributed by atoms with E-state index in [0.717, 1.165) is 25.8 Å². The normalized spacial score (nSPS) is 29.8. The minimum Gasteiger partial charge on any atom is -0.481 e. The van der Waals surface area contributed by atoms with Crippen LogP contribution in [0.15, 0.2) is 24.3 Å². The number of rotatable bonds is 4. The highest BCUT2D eigenvalue weighted by Gasteiger charge is 2.55. The monoisotopic (exact) mass is 375 g/mol. The molecule has 0 radical (unpaired) electrons. The Balaban J connectivity index is 1.29. The maximum Gasteiger partial charge on any atom is 0.317 e. The number of para-hydroxylation sites is 1. The third kappa shape index (κ3) is 3.24. The summed E-state index contributed by atoms with van der Waals surface area (Å²) in [5.74, 6) is -0.644. The van der Waals surface area contributed by atoms with Gasteiger partial charge in [0.2, 0.25) is 0 Å². The van der Waals surface area contributed by atoms with E-state index in [2.05, 4.69) is 5.32 Å². The highest BCUT2D eigenvalue weighted by atomic mass is 19.1. The smallest absolute Gasteiger partial charge is 0.317 e. The molecule has 3 aliphatic rings. The predicted molar refractivity (Wildman–Crippen MR) is 99.1 cm³/mol. The van der Waals surface area contributed by atoms with Gasteiger partial charge < -0.3 is 20.2 Å². The number of nitrogens with one attached hydrogen (secondary N) is 1. The number of benzene rings is 1. The molecule has 2 saturated heterocycles. The van der Waals surface area contributed by atoms with Crippen molar-refractivity contribution >= 4 is 17.7 Å². The Kier molecular flexibility index (Phi) is 4.70. The van der Waals surface area contributed by atoms with E-state index < -0.39 is 11.4 Å². The van der Waals surface area contributed by atoms with Crippen molar-refractivity contribution < 1.29 is 19.1 Å². The molecule has 27 heavy (non-hydrogen) atoms. The quantitative estimate of drug-likeness (QED) is 0.848. The first-order valence-corrected chi connectivity index (χ1v) is 9.75. The fourth-order valence-corrected chi connectivity index (χ4v) is 5.06. The molecule has 7 heteroatoms. The molecule has 0 aromatic heterocycles. The van der Waals surface area contributed by atoms with Gasteiger partial charge in [-0.1, -0.05) is 18.6 Å². The molecule has 6 nitrogen and oxygen atoms in total. The molecule has 146 valence electrons. The fourth-order valence-electron chi connectivity index (χ4n) is 5.06. The predicted octanol–water partition coefficient (Wildman–Crippen LogP) is 2.55. The van der Waals surface area contributed by atoms with Crippen LogP contribution >= 0.6 is 0 Å². The van der Waals surface area contributed by atoms with E-state index in [-0.39, 0.29) is 23.7 Å². The fraction of sp³-hybridized carbons (Fsp3) is 0.600. The summed E-state index contributed by atoms with van der Waals surface area (Å²) >= 11 is 0. The first-order chi connectivity index (χ1) is 13.0. The van der Waals surface area contributed by atoms with Crippen molar-refractivity contribution in [2.24, 2.45) is 17.3 Å². The first kappa shape index (κ1) is 18.1. The zero-order chi connectivity index (χ0) is 19.0. The van der Waals surface area contributed by atoms with Crippen LogP contribution in [0.5, 0.6) is 0 Å². The van der Waals surface area contributed by atoms with E-state index in [1.807, 2.05) is 11.0 Å². The molecular formula is C20H26FN3O3. The first-order valence-electron chi connectivity index (χ1n) is 9.75. The number of fused-ring (bicyclic) bond motifs is 1. The number of nitrogens with zero attached hydrogens (tertiary/aromatic N) is 2. The minimum atomic E-state index is -0.767. The van der Waals surface area contributed by atoms with Crippen LogP contribution in [-0.2, 0) is 4.79 Å². The number of urea groups is 1. The van der Waals surface area contributed by atoms with Gasteiger partial charge in [0.25, 0.3) is 0 Å². The van der Waals surface area contributed by atoms with Crippen LogP contribution in [0.25, 0.3) is 0 Å². The van der Waals surface area contributed by atoms with Gasteiger partial charge in [-0.3, -0.25) is 4.79 Å². The van der Waals surface area contributed by atoms with Crippen molar-refractivity contribution in [3.8, 4) is 0 Å². The van der Waals surface area contributed by atoms with Crippen molar-refractivity contribution in [3.05, 3.63) is 30.1 Å². The molecule has 2 amide bonds. The molecule has 1 aliphatic carbocycles. The van der Waals surface area contributed by atoms with Crippen LogP contribution < -0.4 is 10.2 Å². The van der Waals surface area contributed by atoms with Crippen LogP contribution in [0.2, 0.25) is 0 Å². The molecule has 2 aliphatic heterocycles. The number of hydrogen-bond donors (Lipinski definition) is 2. The van der Waals surface area contributed by atoms with Gasteiger partial charge in [-0.15, -0.1) is 0 Å². The van der Waals surface area contributed by atoms with Crippen LogP contribution in [-0.4, -0.2) is 54.7 Å². The molecule has 1 aromatic carbocycles. The maximum absolute atomic E-state index is 13.9. The summed E-state index contributed by atoms with van der Waals surface area (Å²) in [6, 6.07) is 6.59. The summed E-state index contributed by atoms with van der Waals surface area (Å²) in [7, 11) is 0. The van der Waals surface area contributed by atoms with Gasteiger partial charge in [0.15, 0.2) is 0 Å². The van der Waals surface area contributed by atoms with E-state index in [9.17, 15) is 19.1 Å². The average Bonchev–Trinajstić information content (AvgIpc) is 3.34. The summed E-state index contributed by atoms with van der Waals surface area (Å²) in [6.45, 7) is 2.86. The van der Waals surface area contributed by atoms with Crippen molar-refractivity contribution in [3.63, 3.8) is 0 Å². The maximum atomic E-state index is 13.9. The zero-order valence-electron chi connectivity index (χ0n) is 15.4. The number of likely N-dealkylation sites (tertiary alicyclic amines) is 1. The Morgan fingerprint density at radius 2 is 2.07 bits per heavy atom. The highest BCUT2D eigenvalue weighted by molar-refractivity contribution is 5.80. The molecule has 3 fully saturated rings. The number of hydrogen-bond acceptors (Lipinski definition) is 3. The summed E-state index contributed by atoms with van der Waals surface area (Å²) < 4.78 is 13.9. The van der Waals surface area contributed by atoms with E-state index in [4.69, 9.17) is 0 Å². The lowest BCUT2D eigenvalue weighted by Crippen LogP contribution is -2.43. The van der Waals surface area contributed by atoms with E-state index in [0.29, 0.717) is 38.3 Å². The second-order valence-corrected chi connectivity index (χ2v) is 8.17. The van der Waals surface area contributed by atoms with Crippen LogP contribution in [0.4, 0.5) is 14.9 Å². The molecule has 0 spiro atoms. The number of carboxylic acid groups (broad SMARTS) is 1. The lowest BCUT2D eigenvalue weighted by molar-refractivity contribution is -0.149. The molecule has 3 atom stereocenters. The van der Waals surface area contributed by atoms with Crippen molar-refractivity contribution in [1.82, 2.24) is 10.2 Å². The molecule has 2 N–H and O–H groups in total. The Labute approximate surface area is 158 Å². The van der Waals surface area contributed by atoms with Crippen LogP contribution in [0.1, 0.15) is 25.7 Å². The van der Waals surface area contributed by atoms with Crippen LogP contribution in [0.3, 0.4) is 0 Å². The number of carbonyl (C=O) groups is 2. The van der Waals surface area contributed by atoms with Gasteiger partial charge in [0, 0.05) is 32.7 Å². The molecular weight excluding hydrogens is 349 g/mol. The van der Waals surface area contributed by atoms with Crippen molar-refractivity contribution in [1.29, 1.82) is 0 Å². The third-order valence-electron chi connectivity index (χ3n) is 6.60. The molecule has 1 saturated carbocycles. The van der Waals surface area contributed by atoms with Crippen LogP contribution in [0, 0.1) is 23.1 Å². The Bertz CT molecular complexity index is 743. The van der Waals surface area contributed by atoms with Gasteiger partial charge in [-0.05, 0) is 43.2 Å². The zero-order valence-corrected chi connectivity index (χ0v) is 15.4. The SMILES string of the molecule is O=C(NCC1CCN(c2ccccc2F)C1)N1C[C@@H]2CCC[C@@]2(C(=O)O)C1. The number of aliphatic carboxylic acids is 1. The molecule has 4 rings (SSSR count). The lowest BCUT2D eigenvalue weighted by atomic mass is 9.81. The Morgan fingerprint density at radius 1 is 1.26 bits per heavy atom. The second-order valence-electron chi connectivity index (χ2n) is 8.17. The Morgan fingerprint density at radius 3 is 2.81 bits per heavy atom. The molecule has 1 aromatic rings. The molecule has 1 unspecified atom stereocenters. The minimum absolute atomic E-state index is 0.0729. The van der Waals surface area contributed by atoms with Gasteiger partial charge in [-0.25, -0.2) is 9.18 Å². The Hall–Kier alpha value is -2.31. The number of halogens is 1. The lowest BCUT2D eigenvalue weighted by Gasteiger charge is -2.24. The highest BCUT2D eigenvalue weighted by Crippen LogP contribution is 2.48. The second kappa shape index (κ2) is 7.02. The number of carboxylic acids is 1. The van der Waals surface area contributed by atoms with E-state index in [1.54, 1.807) is 17.0 Å². The standard InChI is InChI=1S/C20H26FN3O3/c21-16-5-1-2-6-17(16)23-9-7-14(11-23)10-22-19(27)24-12-15-4-3-8-20(15,13-24)18(25)26/h1-2,5-6,14-15H,3-4,7-13H2,(H,22,27)(H,25,26)/t14?,15-,20+/m0/s1. The van der Waals surface area contributed by atoms with E-state index >= 15 is 0 Å². The van der Waals surface area contributed by atoms with Gasteiger partial charge in [-0.2, -0.15) is 0 Å². The largest absolute Gasteiger partial charge is 0.481 e. The van der Waals surface area contributed by atoms with E-state index in [1.165, 1.54) is 6.07 Å². The number of amides is 2. The molecule has 0 bridgehead atoms.